The average molecular weight is 512 g/mol. The van der Waals surface area contributed by atoms with Crippen molar-refractivity contribution in [3.8, 4) is 5.75 Å². The van der Waals surface area contributed by atoms with Crippen molar-refractivity contribution in [3.05, 3.63) is 24.1 Å². The molecule has 1 aromatic heterocycles. The van der Waals surface area contributed by atoms with E-state index in [0.717, 1.165) is 69.2 Å². The van der Waals surface area contributed by atoms with Gasteiger partial charge in [0.2, 0.25) is 0 Å². The molecule has 6 rings (SSSR count). The number of benzene rings is 1. The summed E-state index contributed by atoms with van der Waals surface area (Å²) < 4.78 is 11.5. The number of aliphatic hydroxyl groups is 3. The van der Waals surface area contributed by atoms with E-state index in [2.05, 4.69) is 20.8 Å². The average Bonchev–Trinajstić information content (AvgIpc) is 3.45. The molecule has 1 aromatic carbocycles. The van der Waals surface area contributed by atoms with Gasteiger partial charge in [-0.2, -0.15) is 0 Å². The standard InChI is InChI=1S/C31H45NO5/c1-17(8-11-27-32-23-6-5-7-25(36-4)29(23)37-27)20-9-10-21-28-22(16-26(35)31(20,21)3)30(2)13-12-19(33)14-18(30)15-24(28)34/h5-7,17-22,24,26,28,33-35H,8-16H2,1-4H3/t17?,18-,19+,20+,21-,22-,24+,26-,28-,30-,31+/m0/s1. The zero-order valence-electron chi connectivity index (χ0n) is 22.9. The first-order chi connectivity index (χ1) is 17.7. The van der Waals surface area contributed by atoms with Gasteiger partial charge in [0.05, 0.1) is 25.4 Å². The Morgan fingerprint density at radius 1 is 1.08 bits per heavy atom. The molecule has 2 aromatic rings. The summed E-state index contributed by atoms with van der Waals surface area (Å²) in [6.45, 7) is 7.05. The molecule has 0 bridgehead atoms. The maximum atomic E-state index is 11.8. The summed E-state index contributed by atoms with van der Waals surface area (Å²) in [5, 5.41) is 33.6. The van der Waals surface area contributed by atoms with Gasteiger partial charge in [-0.3, -0.25) is 0 Å². The second kappa shape index (κ2) is 9.24. The fraction of sp³-hybridized carbons (Fsp3) is 0.774. The van der Waals surface area contributed by atoms with Gasteiger partial charge in [-0.25, -0.2) is 4.98 Å². The Morgan fingerprint density at radius 2 is 1.89 bits per heavy atom. The first-order valence-corrected chi connectivity index (χ1v) is 14.6. The molecule has 4 aliphatic carbocycles. The van der Waals surface area contributed by atoms with Crippen LogP contribution in [0.1, 0.15) is 78.0 Å². The first kappa shape index (κ1) is 25.6. The maximum absolute atomic E-state index is 11.8. The van der Waals surface area contributed by atoms with Crippen LogP contribution in [0, 0.1) is 46.3 Å². The molecule has 4 aliphatic rings. The highest BCUT2D eigenvalue weighted by Gasteiger charge is 2.65. The van der Waals surface area contributed by atoms with E-state index in [-0.39, 0.29) is 35.1 Å². The summed E-state index contributed by atoms with van der Waals surface area (Å²) in [5.74, 6) is 3.60. The van der Waals surface area contributed by atoms with Crippen LogP contribution in [0.5, 0.6) is 5.75 Å². The SMILES string of the molecule is COc1cccc2nc(CCC(C)[C@H]3CC[C@H]4[C@@H]5[C@H](O)C[C@@H]6C[C@H](O)CC[C@]6(C)[C@H]5C[C@H](O)[C@]34C)oc12. The van der Waals surface area contributed by atoms with E-state index in [9.17, 15) is 15.3 Å². The number of para-hydroxylation sites is 1. The van der Waals surface area contributed by atoms with Crippen molar-refractivity contribution in [2.24, 2.45) is 46.3 Å². The van der Waals surface area contributed by atoms with Gasteiger partial charge in [-0.1, -0.05) is 26.8 Å². The van der Waals surface area contributed by atoms with Gasteiger partial charge in [0.15, 0.2) is 17.2 Å². The lowest BCUT2D eigenvalue weighted by molar-refractivity contribution is -0.207. The predicted octanol–water partition coefficient (Wildman–Crippen LogP) is 5.37. The van der Waals surface area contributed by atoms with Crippen LogP contribution in [-0.2, 0) is 6.42 Å². The number of hydrogen-bond donors (Lipinski definition) is 3. The van der Waals surface area contributed by atoms with Crippen molar-refractivity contribution >= 4 is 11.1 Å². The Bertz CT molecular complexity index is 1130. The number of nitrogens with zero attached hydrogens (tertiary/aromatic N) is 1. The lowest BCUT2D eigenvalue weighted by Gasteiger charge is -2.63. The molecule has 0 radical (unpaired) electrons. The lowest BCUT2D eigenvalue weighted by atomic mass is 9.43. The molecule has 0 spiro atoms. The van der Waals surface area contributed by atoms with Gasteiger partial charge >= 0.3 is 0 Å². The largest absolute Gasteiger partial charge is 0.493 e. The monoisotopic (exact) mass is 511 g/mol. The molecule has 3 N–H and O–H groups in total. The highest BCUT2D eigenvalue weighted by molar-refractivity contribution is 5.79. The number of methoxy groups -OCH3 is 1. The second-order valence-corrected chi connectivity index (χ2v) is 13.5. The van der Waals surface area contributed by atoms with Crippen molar-refractivity contribution in [1.82, 2.24) is 4.98 Å². The highest BCUT2D eigenvalue weighted by Crippen LogP contribution is 2.68. The maximum Gasteiger partial charge on any atom is 0.196 e. The quantitative estimate of drug-likeness (QED) is 0.500. The van der Waals surface area contributed by atoms with Crippen molar-refractivity contribution in [2.45, 2.75) is 96.9 Å². The Kier molecular flexibility index (Phi) is 6.40. The van der Waals surface area contributed by atoms with Gasteiger partial charge in [0.25, 0.3) is 0 Å². The second-order valence-electron chi connectivity index (χ2n) is 13.5. The summed E-state index contributed by atoms with van der Waals surface area (Å²) in [4.78, 5) is 4.70. The van der Waals surface area contributed by atoms with Crippen LogP contribution in [0.4, 0.5) is 0 Å². The van der Waals surface area contributed by atoms with Crippen molar-refractivity contribution in [3.63, 3.8) is 0 Å². The molecule has 4 fully saturated rings. The Labute approximate surface area is 220 Å². The molecule has 0 saturated heterocycles. The molecule has 1 unspecified atom stereocenters. The predicted molar refractivity (Wildman–Crippen MR) is 142 cm³/mol. The first-order valence-electron chi connectivity index (χ1n) is 14.6. The lowest BCUT2D eigenvalue weighted by Crippen LogP contribution is -2.62. The normalized spacial score (nSPS) is 44.2. The fourth-order valence-electron chi connectivity index (χ4n) is 9.92. The zero-order chi connectivity index (χ0) is 26.1. The van der Waals surface area contributed by atoms with E-state index in [1.807, 2.05) is 18.2 Å². The number of aliphatic hydroxyl groups excluding tert-OH is 3. The third-order valence-electron chi connectivity index (χ3n) is 12.0. The minimum absolute atomic E-state index is 0.114. The summed E-state index contributed by atoms with van der Waals surface area (Å²) >= 11 is 0. The molecule has 0 amide bonds. The van der Waals surface area contributed by atoms with E-state index in [1.54, 1.807) is 7.11 Å². The molecule has 4 saturated carbocycles. The van der Waals surface area contributed by atoms with Crippen molar-refractivity contribution in [1.29, 1.82) is 0 Å². The summed E-state index contributed by atoms with van der Waals surface area (Å²) in [7, 11) is 1.65. The van der Waals surface area contributed by atoms with Crippen LogP contribution in [0.15, 0.2) is 22.6 Å². The number of fused-ring (bicyclic) bond motifs is 6. The molecular formula is C31H45NO5. The minimum Gasteiger partial charge on any atom is -0.493 e. The molecule has 1 heterocycles. The Morgan fingerprint density at radius 3 is 2.68 bits per heavy atom. The van der Waals surface area contributed by atoms with Crippen molar-refractivity contribution < 1.29 is 24.5 Å². The van der Waals surface area contributed by atoms with Gasteiger partial charge < -0.3 is 24.5 Å². The molecular weight excluding hydrogens is 466 g/mol. The van der Waals surface area contributed by atoms with Gasteiger partial charge in [0.1, 0.15) is 5.52 Å². The van der Waals surface area contributed by atoms with Crippen LogP contribution in [0.2, 0.25) is 0 Å². The Balaban J connectivity index is 1.20. The third kappa shape index (κ3) is 3.88. The van der Waals surface area contributed by atoms with E-state index in [1.165, 1.54) is 0 Å². The van der Waals surface area contributed by atoms with E-state index in [4.69, 9.17) is 14.1 Å². The Hall–Kier alpha value is -1.63. The number of hydrogen-bond acceptors (Lipinski definition) is 6. The number of rotatable bonds is 5. The topological polar surface area (TPSA) is 96.0 Å². The molecule has 11 atom stereocenters. The molecule has 6 heteroatoms. The van der Waals surface area contributed by atoms with Gasteiger partial charge in [-0.05, 0) is 110 Å². The minimum atomic E-state index is -0.350. The summed E-state index contributed by atoms with van der Waals surface area (Å²) in [6, 6.07) is 5.79. The van der Waals surface area contributed by atoms with E-state index >= 15 is 0 Å². The molecule has 0 aliphatic heterocycles. The van der Waals surface area contributed by atoms with Gasteiger partial charge in [-0.15, -0.1) is 0 Å². The van der Waals surface area contributed by atoms with Gasteiger partial charge in [0, 0.05) is 6.42 Å². The van der Waals surface area contributed by atoms with Crippen LogP contribution in [0.3, 0.4) is 0 Å². The molecule has 6 nitrogen and oxygen atoms in total. The van der Waals surface area contributed by atoms with Crippen molar-refractivity contribution in [2.75, 3.05) is 7.11 Å². The van der Waals surface area contributed by atoms with Crippen LogP contribution in [0.25, 0.3) is 11.1 Å². The summed E-state index contributed by atoms with van der Waals surface area (Å²) in [5.41, 5.74) is 1.48. The van der Waals surface area contributed by atoms with E-state index in [0.29, 0.717) is 40.9 Å². The molecule has 37 heavy (non-hydrogen) atoms. The summed E-state index contributed by atoms with van der Waals surface area (Å²) in [6.07, 6.45) is 7.27. The number of aryl methyl sites for hydroxylation is 1. The van der Waals surface area contributed by atoms with Crippen LogP contribution < -0.4 is 4.74 Å². The smallest absolute Gasteiger partial charge is 0.196 e. The molecule has 204 valence electrons. The fourth-order valence-corrected chi connectivity index (χ4v) is 9.92. The van der Waals surface area contributed by atoms with E-state index < -0.39 is 0 Å². The highest BCUT2D eigenvalue weighted by atomic mass is 16.5. The zero-order valence-corrected chi connectivity index (χ0v) is 22.9. The third-order valence-corrected chi connectivity index (χ3v) is 12.0. The number of aromatic nitrogens is 1. The van der Waals surface area contributed by atoms with Crippen LogP contribution >= 0.6 is 0 Å². The number of ether oxygens (including phenoxy) is 1. The van der Waals surface area contributed by atoms with Crippen LogP contribution in [-0.4, -0.2) is 45.7 Å². The number of oxazole rings is 1.